The molecule has 1 aromatic heterocycles. The Morgan fingerprint density at radius 1 is 1.75 bits per heavy atom. The van der Waals surface area contributed by atoms with Crippen molar-refractivity contribution < 1.29 is 4.79 Å². The van der Waals surface area contributed by atoms with Crippen LogP contribution in [0, 0.1) is 0 Å². The second kappa shape index (κ2) is 2.97. The molecule has 1 atom stereocenters. The molecule has 12 heavy (non-hydrogen) atoms. The van der Waals surface area contributed by atoms with Crippen LogP contribution in [0.5, 0.6) is 0 Å². The Bertz CT molecular complexity index is 257. The summed E-state index contributed by atoms with van der Waals surface area (Å²) in [5.41, 5.74) is 0. The Kier molecular flexibility index (Phi) is 1.81. The van der Waals surface area contributed by atoms with Crippen molar-refractivity contribution in [1.29, 1.82) is 0 Å². The molecule has 64 valence electrons. The number of carbonyl (C=O) groups excluding carboxylic acids is 1. The molecule has 4 heteroatoms. The van der Waals surface area contributed by atoms with Gasteiger partial charge in [-0.15, -0.1) is 0 Å². The fourth-order valence-corrected chi connectivity index (χ4v) is 1.61. The number of likely N-dealkylation sites (tertiary alicyclic amines) is 1. The third-order valence-corrected chi connectivity index (χ3v) is 2.27. The number of rotatable bonds is 2. The van der Waals surface area contributed by atoms with Crippen LogP contribution in [-0.4, -0.2) is 34.4 Å². The van der Waals surface area contributed by atoms with E-state index >= 15 is 0 Å². The van der Waals surface area contributed by atoms with Crippen LogP contribution in [0.4, 0.5) is 0 Å². The number of aromatic amines is 1. The number of imidazole rings is 1. The lowest BCUT2D eigenvalue weighted by atomic mass is 10.1. The Hall–Kier alpha value is -1.32. The van der Waals surface area contributed by atoms with Crippen LogP contribution < -0.4 is 0 Å². The molecule has 1 unspecified atom stereocenters. The summed E-state index contributed by atoms with van der Waals surface area (Å²) in [6.07, 6.45) is 5.49. The van der Waals surface area contributed by atoms with Gasteiger partial charge in [0.2, 0.25) is 6.41 Å². The van der Waals surface area contributed by atoms with Gasteiger partial charge >= 0.3 is 0 Å². The predicted molar refractivity (Wildman–Crippen MR) is 43.6 cm³/mol. The van der Waals surface area contributed by atoms with Crippen LogP contribution in [0.3, 0.4) is 0 Å². The molecule has 1 aliphatic heterocycles. The summed E-state index contributed by atoms with van der Waals surface area (Å²) in [6.45, 7) is 1.66. The normalized spacial score (nSPS) is 23.0. The molecule has 1 amide bonds. The molecular weight excluding hydrogens is 154 g/mol. The van der Waals surface area contributed by atoms with Gasteiger partial charge in [0, 0.05) is 31.4 Å². The predicted octanol–water partition coefficient (Wildman–Crippen LogP) is 0.355. The number of amides is 1. The zero-order chi connectivity index (χ0) is 8.39. The van der Waals surface area contributed by atoms with Gasteiger partial charge in [0.1, 0.15) is 5.82 Å². The number of hydrogen-bond donors (Lipinski definition) is 1. The lowest BCUT2D eigenvalue weighted by Gasteiger charge is -2.07. The van der Waals surface area contributed by atoms with Gasteiger partial charge < -0.3 is 9.88 Å². The maximum absolute atomic E-state index is 10.4. The molecule has 1 fully saturated rings. The molecule has 0 radical (unpaired) electrons. The van der Waals surface area contributed by atoms with Gasteiger partial charge in [-0.25, -0.2) is 4.98 Å². The van der Waals surface area contributed by atoms with Crippen molar-refractivity contribution in [3.63, 3.8) is 0 Å². The molecule has 0 aliphatic carbocycles. The minimum absolute atomic E-state index is 0.408. The SMILES string of the molecule is O=CN1CCC(c2ncc[nH]2)C1. The van der Waals surface area contributed by atoms with Crippen molar-refractivity contribution in [3.05, 3.63) is 18.2 Å². The van der Waals surface area contributed by atoms with Gasteiger partial charge in [-0.3, -0.25) is 4.79 Å². The molecule has 2 heterocycles. The first-order valence-electron chi connectivity index (χ1n) is 4.09. The van der Waals surface area contributed by atoms with E-state index in [1.165, 1.54) is 0 Å². The van der Waals surface area contributed by atoms with E-state index in [9.17, 15) is 4.79 Å². The summed E-state index contributed by atoms with van der Waals surface area (Å²) in [5.74, 6) is 1.41. The van der Waals surface area contributed by atoms with Gasteiger partial charge in [-0.2, -0.15) is 0 Å². The molecule has 0 bridgehead atoms. The standard InChI is InChI=1S/C8H11N3O/c12-6-11-4-1-7(5-11)8-9-2-3-10-8/h2-3,6-7H,1,4-5H2,(H,9,10). The summed E-state index contributed by atoms with van der Waals surface area (Å²) in [4.78, 5) is 19.4. The zero-order valence-electron chi connectivity index (χ0n) is 6.73. The van der Waals surface area contributed by atoms with Gasteiger partial charge in [-0.1, -0.05) is 0 Å². The van der Waals surface area contributed by atoms with Crippen LogP contribution in [-0.2, 0) is 4.79 Å². The minimum atomic E-state index is 0.408. The fraction of sp³-hybridized carbons (Fsp3) is 0.500. The first-order valence-corrected chi connectivity index (χ1v) is 4.09. The largest absolute Gasteiger partial charge is 0.348 e. The van der Waals surface area contributed by atoms with Crippen molar-refractivity contribution in [2.75, 3.05) is 13.1 Å². The molecule has 1 saturated heterocycles. The summed E-state index contributed by atoms with van der Waals surface area (Å²) in [5, 5.41) is 0. The smallest absolute Gasteiger partial charge is 0.209 e. The highest BCUT2D eigenvalue weighted by Gasteiger charge is 2.23. The Morgan fingerprint density at radius 2 is 2.67 bits per heavy atom. The van der Waals surface area contributed by atoms with E-state index in [0.29, 0.717) is 5.92 Å². The maximum atomic E-state index is 10.4. The second-order valence-electron chi connectivity index (χ2n) is 3.06. The minimum Gasteiger partial charge on any atom is -0.348 e. The number of aromatic nitrogens is 2. The molecule has 0 saturated carbocycles. The first-order chi connectivity index (χ1) is 5.90. The molecule has 1 aromatic rings. The highest BCUT2D eigenvalue weighted by Crippen LogP contribution is 2.22. The third-order valence-electron chi connectivity index (χ3n) is 2.27. The van der Waals surface area contributed by atoms with E-state index in [2.05, 4.69) is 9.97 Å². The monoisotopic (exact) mass is 165 g/mol. The molecular formula is C8H11N3O. The van der Waals surface area contributed by atoms with Gasteiger partial charge in [-0.05, 0) is 6.42 Å². The molecule has 4 nitrogen and oxygen atoms in total. The van der Waals surface area contributed by atoms with Crippen LogP contribution in [0.1, 0.15) is 18.2 Å². The van der Waals surface area contributed by atoms with Gasteiger partial charge in [0.05, 0.1) is 0 Å². The van der Waals surface area contributed by atoms with Crippen molar-refractivity contribution >= 4 is 6.41 Å². The average molecular weight is 165 g/mol. The van der Waals surface area contributed by atoms with Crippen LogP contribution >= 0.6 is 0 Å². The maximum Gasteiger partial charge on any atom is 0.209 e. The van der Waals surface area contributed by atoms with E-state index in [4.69, 9.17) is 0 Å². The Morgan fingerprint density at radius 3 is 3.25 bits per heavy atom. The Balaban J connectivity index is 2.04. The van der Waals surface area contributed by atoms with E-state index in [-0.39, 0.29) is 0 Å². The molecule has 1 N–H and O–H groups in total. The van der Waals surface area contributed by atoms with E-state index in [1.54, 1.807) is 11.1 Å². The lowest BCUT2D eigenvalue weighted by Crippen LogP contribution is -2.17. The summed E-state index contributed by atoms with van der Waals surface area (Å²) < 4.78 is 0. The highest BCUT2D eigenvalue weighted by atomic mass is 16.1. The molecule has 0 spiro atoms. The first kappa shape index (κ1) is 7.34. The summed E-state index contributed by atoms with van der Waals surface area (Å²) in [6, 6.07) is 0. The number of hydrogen-bond acceptors (Lipinski definition) is 2. The number of nitrogens with one attached hydrogen (secondary N) is 1. The van der Waals surface area contributed by atoms with Crippen molar-refractivity contribution in [3.8, 4) is 0 Å². The van der Waals surface area contributed by atoms with Crippen LogP contribution in [0.15, 0.2) is 12.4 Å². The third kappa shape index (κ3) is 1.20. The molecule has 2 rings (SSSR count). The number of nitrogens with zero attached hydrogens (tertiary/aromatic N) is 2. The molecule has 1 aliphatic rings. The van der Waals surface area contributed by atoms with E-state index < -0.39 is 0 Å². The molecule has 0 aromatic carbocycles. The average Bonchev–Trinajstić information content (AvgIpc) is 2.75. The van der Waals surface area contributed by atoms with Crippen LogP contribution in [0.25, 0.3) is 0 Å². The van der Waals surface area contributed by atoms with Crippen LogP contribution in [0.2, 0.25) is 0 Å². The topological polar surface area (TPSA) is 49.0 Å². The highest BCUT2D eigenvalue weighted by molar-refractivity contribution is 5.47. The van der Waals surface area contributed by atoms with Crippen molar-refractivity contribution in [1.82, 2.24) is 14.9 Å². The zero-order valence-corrected chi connectivity index (χ0v) is 6.73. The van der Waals surface area contributed by atoms with Crippen molar-refractivity contribution in [2.45, 2.75) is 12.3 Å². The second-order valence-corrected chi connectivity index (χ2v) is 3.06. The summed E-state index contributed by atoms with van der Waals surface area (Å²) in [7, 11) is 0. The van der Waals surface area contributed by atoms with Gasteiger partial charge in [0.15, 0.2) is 0 Å². The van der Waals surface area contributed by atoms with E-state index in [1.807, 2.05) is 6.20 Å². The van der Waals surface area contributed by atoms with E-state index in [0.717, 1.165) is 31.7 Å². The fourth-order valence-electron chi connectivity index (χ4n) is 1.61. The summed E-state index contributed by atoms with van der Waals surface area (Å²) >= 11 is 0. The Labute approximate surface area is 70.6 Å². The van der Waals surface area contributed by atoms with Crippen molar-refractivity contribution in [2.24, 2.45) is 0 Å². The number of carbonyl (C=O) groups is 1. The van der Waals surface area contributed by atoms with Gasteiger partial charge in [0.25, 0.3) is 0 Å². The quantitative estimate of drug-likeness (QED) is 0.643. The lowest BCUT2D eigenvalue weighted by molar-refractivity contribution is -0.117. The number of H-pyrrole nitrogens is 1.